The van der Waals surface area contributed by atoms with Crippen molar-refractivity contribution in [1.29, 1.82) is 0 Å². The minimum atomic E-state index is -0.492. The molecular weight excluding hydrogens is 362 g/mol. The summed E-state index contributed by atoms with van der Waals surface area (Å²) in [5.74, 6) is 0.759. The number of ether oxygens (including phenoxy) is 1. The third kappa shape index (κ3) is 5.73. The number of nitrogens with zero attached hydrogens (tertiary/aromatic N) is 2. The van der Waals surface area contributed by atoms with E-state index in [-0.39, 0.29) is 11.4 Å². The third-order valence-electron chi connectivity index (χ3n) is 6.74. The number of likely N-dealkylation sites (N-methyl/N-ethyl adjacent to an activating group) is 1. The van der Waals surface area contributed by atoms with E-state index in [1.807, 2.05) is 19.1 Å². The van der Waals surface area contributed by atoms with Gasteiger partial charge in [-0.3, -0.25) is 9.69 Å². The Balaban J connectivity index is 1.59. The van der Waals surface area contributed by atoms with Crippen molar-refractivity contribution in [2.24, 2.45) is 0 Å². The zero-order valence-corrected chi connectivity index (χ0v) is 18.8. The molecule has 1 heterocycles. The van der Waals surface area contributed by atoms with Crippen LogP contribution in [-0.2, 0) is 4.79 Å². The second kappa shape index (κ2) is 9.94. The molecule has 3 rings (SSSR count). The molecule has 2 fully saturated rings. The van der Waals surface area contributed by atoms with Crippen molar-refractivity contribution in [2.75, 3.05) is 39.3 Å². The topological polar surface area (TPSA) is 44.8 Å². The van der Waals surface area contributed by atoms with Crippen LogP contribution in [0.5, 0.6) is 5.75 Å². The second-order valence-corrected chi connectivity index (χ2v) is 9.01. The van der Waals surface area contributed by atoms with E-state index in [9.17, 15) is 4.79 Å². The first-order valence-corrected chi connectivity index (χ1v) is 11.4. The van der Waals surface area contributed by atoms with Gasteiger partial charge in [0.2, 0.25) is 0 Å². The van der Waals surface area contributed by atoms with Gasteiger partial charge in [0, 0.05) is 38.3 Å². The summed E-state index contributed by atoms with van der Waals surface area (Å²) in [5.41, 5.74) is 2.42. The molecule has 0 spiro atoms. The zero-order valence-electron chi connectivity index (χ0n) is 18.8. The minimum absolute atomic E-state index is 0.0127. The van der Waals surface area contributed by atoms with E-state index in [0.29, 0.717) is 0 Å². The van der Waals surface area contributed by atoms with Gasteiger partial charge in [0.25, 0.3) is 5.91 Å². The Hall–Kier alpha value is -1.59. The quantitative estimate of drug-likeness (QED) is 0.759. The van der Waals surface area contributed by atoms with Gasteiger partial charge >= 0.3 is 0 Å². The predicted octanol–water partition coefficient (Wildman–Crippen LogP) is 3.53. The predicted molar refractivity (Wildman–Crippen MR) is 119 cm³/mol. The van der Waals surface area contributed by atoms with Crippen molar-refractivity contribution in [3.05, 3.63) is 29.3 Å². The summed E-state index contributed by atoms with van der Waals surface area (Å²) < 4.78 is 5.95. The normalized spacial score (nSPS) is 21.5. The summed E-state index contributed by atoms with van der Waals surface area (Å²) in [6.45, 7) is 14.5. The average Bonchev–Trinajstić information content (AvgIpc) is 2.72. The molecule has 1 amide bonds. The fraction of sp³-hybridized carbons (Fsp3) is 0.708. The van der Waals surface area contributed by atoms with Gasteiger partial charge < -0.3 is 15.0 Å². The number of piperazine rings is 1. The summed E-state index contributed by atoms with van der Waals surface area (Å²) in [6.07, 6.45) is 5.72. The van der Waals surface area contributed by atoms with Crippen LogP contribution in [0.2, 0.25) is 0 Å². The molecule has 29 heavy (non-hydrogen) atoms. The lowest BCUT2D eigenvalue weighted by Crippen LogP contribution is -2.62. The van der Waals surface area contributed by atoms with Crippen LogP contribution >= 0.6 is 0 Å². The first-order chi connectivity index (χ1) is 13.9. The van der Waals surface area contributed by atoms with Crippen molar-refractivity contribution in [1.82, 2.24) is 15.1 Å². The maximum atomic E-state index is 12.8. The summed E-state index contributed by atoms with van der Waals surface area (Å²) in [7, 11) is 0. The molecule has 2 aliphatic rings. The Morgan fingerprint density at radius 1 is 1.07 bits per heavy atom. The molecule has 1 unspecified atom stereocenters. The maximum absolute atomic E-state index is 12.8. The molecule has 1 aliphatic carbocycles. The Morgan fingerprint density at radius 3 is 2.28 bits per heavy atom. The van der Waals surface area contributed by atoms with Crippen LogP contribution in [0.4, 0.5) is 0 Å². The molecule has 1 saturated heterocycles. The van der Waals surface area contributed by atoms with Crippen LogP contribution in [0.1, 0.15) is 57.1 Å². The molecule has 5 heteroatoms. The standard InChI is InChI=1S/C24H39N3O2/c1-5-26-11-13-27(14-12-26)24(9-7-6-8-10-24)18-25-23(28)21(4)29-22-16-19(2)15-20(3)17-22/h15-17,21H,5-14,18H2,1-4H3,(H,25,28). The third-order valence-corrected chi connectivity index (χ3v) is 6.74. The van der Waals surface area contributed by atoms with Crippen LogP contribution in [0.25, 0.3) is 0 Å². The highest BCUT2D eigenvalue weighted by atomic mass is 16.5. The fourth-order valence-corrected chi connectivity index (χ4v) is 5.01. The van der Waals surface area contributed by atoms with Crippen molar-refractivity contribution >= 4 is 5.91 Å². The van der Waals surface area contributed by atoms with Crippen molar-refractivity contribution in [2.45, 2.75) is 71.4 Å². The van der Waals surface area contributed by atoms with Crippen molar-refractivity contribution in [3.63, 3.8) is 0 Å². The minimum Gasteiger partial charge on any atom is -0.481 e. The lowest BCUT2D eigenvalue weighted by Gasteiger charge is -2.50. The number of aryl methyl sites for hydroxylation is 2. The summed E-state index contributed by atoms with van der Waals surface area (Å²) in [6, 6.07) is 6.10. The van der Waals surface area contributed by atoms with Gasteiger partial charge in [-0.05, 0) is 63.4 Å². The summed E-state index contributed by atoms with van der Waals surface area (Å²) in [5, 5.41) is 3.25. The summed E-state index contributed by atoms with van der Waals surface area (Å²) >= 11 is 0. The monoisotopic (exact) mass is 401 g/mol. The van der Waals surface area contributed by atoms with Gasteiger partial charge in [0.15, 0.2) is 6.10 Å². The number of carbonyl (C=O) groups excluding carboxylic acids is 1. The molecule has 5 nitrogen and oxygen atoms in total. The SMILES string of the molecule is CCN1CCN(C2(CNC(=O)C(C)Oc3cc(C)cc(C)c3)CCCCC2)CC1. The van der Waals surface area contributed by atoms with E-state index in [2.05, 4.69) is 42.0 Å². The molecular formula is C24H39N3O2. The zero-order chi connectivity index (χ0) is 20.9. The Bertz CT molecular complexity index is 656. The van der Waals surface area contributed by atoms with E-state index >= 15 is 0 Å². The van der Waals surface area contributed by atoms with E-state index in [4.69, 9.17) is 4.74 Å². The molecule has 1 aromatic rings. The second-order valence-electron chi connectivity index (χ2n) is 9.01. The number of nitrogens with one attached hydrogen (secondary N) is 1. The van der Waals surface area contributed by atoms with Crippen molar-refractivity contribution in [3.8, 4) is 5.75 Å². The van der Waals surface area contributed by atoms with Gasteiger partial charge in [-0.1, -0.05) is 32.3 Å². The number of hydrogen-bond donors (Lipinski definition) is 1. The highest BCUT2D eigenvalue weighted by Gasteiger charge is 2.39. The fourth-order valence-electron chi connectivity index (χ4n) is 5.01. The van der Waals surface area contributed by atoms with Crippen LogP contribution in [0, 0.1) is 13.8 Å². The van der Waals surface area contributed by atoms with Crippen LogP contribution in [0.15, 0.2) is 18.2 Å². The number of rotatable bonds is 7. The van der Waals surface area contributed by atoms with Gasteiger partial charge in [-0.25, -0.2) is 0 Å². The first kappa shape index (κ1) is 22.1. The highest BCUT2D eigenvalue weighted by molar-refractivity contribution is 5.80. The molecule has 162 valence electrons. The van der Waals surface area contributed by atoms with E-state index in [1.165, 1.54) is 32.1 Å². The number of benzene rings is 1. The highest BCUT2D eigenvalue weighted by Crippen LogP contribution is 2.34. The smallest absolute Gasteiger partial charge is 0.260 e. The van der Waals surface area contributed by atoms with Crippen LogP contribution in [0.3, 0.4) is 0 Å². The average molecular weight is 402 g/mol. The van der Waals surface area contributed by atoms with E-state index in [1.54, 1.807) is 0 Å². The summed E-state index contributed by atoms with van der Waals surface area (Å²) in [4.78, 5) is 18.0. The van der Waals surface area contributed by atoms with Crippen LogP contribution in [-0.4, -0.2) is 66.6 Å². The van der Waals surface area contributed by atoms with Gasteiger partial charge in [-0.2, -0.15) is 0 Å². The largest absolute Gasteiger partial charge is 0.481 e. The van der Waals surface area contributed by atoms with Gasteiger partial charge in [0.1, 0.15) is 5.75 Å². The molecule has 1 aromatic carbocycles. The lowest BCUT2D eigenvalue weighted by molar-refractivity contribution is -0.128. The molecule has 0 bridgehead atoms. The molecule has 1 N–H and O–H groups in total. The van der Waals surface area contributed by atoms with E-state index < -0.39 is 6.10 Å². The maximum Gasteiger partial charge on any atom is 0.260 e. The molecule has 1 atom stereocenters. The van der Waals surface area contributed by atoms with Gasteiger partial charge in [0.05, 0.1) is 0 Å². The Morgan fingerprint density at radius 2 is 1.69 bits per heavy atom. The molecule has 1 saturated carbocycles. The van der Waals surface area contributed by atoms with E-state index in [0.717, 1.165) is 56.1 Å². The Labute approximate surface area is 176 Å². The number of hydrogen-bond acceptors (Lipinski definition) is 4. The van der Waals surface area contributed by atoms with Gasteiger partial charge in [-0.15, -0.1) is 0 Å². The molecule has 0 aromatic heterocycles. The Kier molecular flexibility index (Phi) is 7.58. The lowest BCUT2D eigenvalue weighted by atomic mass is 9.79. The molecule has 1 aliphatic heterocycles. The van der Waals surface area contributed by atoms with Crippen molar-refractivity contribution < 1.29 is 9.53 Å². The van der Waals surface area contributed by atoms with Crippen LogP contribution < -0.4 is 10.1 Å². The number of carbonyl (C=O) groups is 1. The number of amides is 1. The first-order valence-electron chi connectivity index (χ1n) is 11.4. The molecule has 0 radical (unpaired) electrons.